The van der Waals surface area contributed by atoms with Crippen molar-refractivity contribution in [2.45, 2.75) is 10.3 Å². The zero-order valence-corrected chi connectivity index (χ0v) is 16.7. The van der Waals surface area contributed by atoms with Crippen molar-refractivity contribution >= 4 is 44.9 Å². The molecule has 1 N–H and O–H groups in total. The van der Waals surface area contributed by atoms with Gasteiger partial charge < -0.3 is 10.1 Å². The Balaban J connectivity index is 1.65. The maximum atomic E-state index is 13.2. The molecular formula is C21H17N3O2S2. The number of hydrogen-bond acceptors (Lipinski definition) is 6. The number of anilines is 1. The van der Waals surface area contributed by atoms with Crippen LogP contribution in [0.15, 0.2) is 77.4 Å². The lowest BCUT2D eigenvalue weighted by Crippen LogP contribution is -2.19. The van der Waals surface area contributed by atoms with E-state index < -0.39 is 5.25 Å². The molecule has 0 aliphatic carbocycles. The van der Waals surface area contributed by atoms with Crippen molar-refractivity contribution < 1.29 is 9.53 Å². The second-order valence-corrected chi connectivity index (χ2v) is 7.94. The van der Waals surface area contributed by atoms with Gasteiger partial charge in [-0.15, -0.1) is 11.3 Å². The number of nitrogens with one attached hydrogen (secondary N) is 1. The third-order valence-electron chi connectivity index (χ3n) is 4.13. The zero-order valence-electron chi connectivity index (χ0n) is 15.0. The Morgan fingerprint density at radius 1 is 1.11 bits per heavy atom. The van der Waals surface area contributed by atoms with Crippen molar-refractivity contribution in [3.63, 3.8) is 0 Å². The van der Waals surface area contributed by atoms with E-state index >= 15 is 0 Å². The number of fused-ring (bicyclic) bond motifs is 1. The van der Waals surface area contributed by atoms with Crippen LogP contribution in [0.4, 0.5) is 5.69 Å². The molecule has 140 valence electrons. The van der Waals surface area contributed by atoms with E-state index in [0.717, 1.165) is 20.8 Å². The molecule has 2 aromatic heterocycles. The highest BCUT2D eigenvalue weighted by molar-refractivity contribution is 8.00. The molecular weight excluding hydrogens is 390 g/mol. The van der Waals surface area contributed by atoms with Crippen LogP contribution in [0.5, 0.6) is 5.75 Å². The Bertz CT molecular complexity index is 1100. The highest BCUT2D eigenvalue weighted by Crippen LogP contribution is 2.39. The lowest BCUT2D eigenvalue weighted by Gasteiger charge is -2.17. The van der Waals surface area contributed by atoms with Crippen molar-refractivity contribution in [2.24, 2.45) is 0 Å². The monoisotopic (exact) mass is 407 g/mol. The van der Waals surface area contributed by atoms with E-state index in [1.165, 1.54) is 11.8 Å². The van der Waals surface area contributed by atoms with Crippen LogP contribution in [-0.4, -0.2) is 23.0 Å². The summed E-state index contributed by atoms with van der Waals surface area (Å²) in [5.41, 5.74) is 1.60. The van der Waals surface area contributed by atoms with Gasteiger partial charge in [0, 0.05) is 17.1 Å². The van der Waals surface area contributed by atoms with Gasteiger partial charge in [0.2, 0.25) is 5.91 Å². The quantitative estimate of drug-likeness (QED) is 0.353. The summed E-state index contributed by atoms with van der Waals surface area (Å²) in [6.07, 6.45) is 1.54. The molecule has 0 aliphatic heterocycles. The molecule has 0 fully saturated rings. The fourth-order valence-corrected chi connectivity index (χ4v) is 4.66. The summed E-state index contributed by atoms with van der Waals surface area (Å²) < 4.78 is 5.24. The predicted molar refractivity (Wildman–Crippen MR) is 114 cm³/mol. The van der Waals surface area contributed by atoms with E-state index in [0.29, 0.717) is 11.4 Å². The minimum atomic E-state index is -0.453. The number of nitrogens with zero attached hydrogens (tertiary/aromatic N) is 2. The first-order chi connectivity index (χ1) is 13.7. The first kappa shape index (κ1) is 18.5. The largest absolute Gasteiger partial charge is 0.497 e. The van der Waals surface area contributed by atoms with Gasteiger partial charge in [0.1, 0.15) is 27.2 Å². The highest BCUT2D eigenvalue weighted by atomic mass is 32.2. The number of aromatic nitrogens is 2. The van der Waals surface area contributed by atoms with Gasteiger partial charge in [-0.25, -0.2) is 9.97 Å². The first-order valence-electron chi connectivity index (χ1n) is 8.59. The van der Waals surface area contributed by atoms with E-state index in [2.05, 4.69) is 15.3 Å². The standard InChI is InChI=1S/C21H17N3O2S2/c1-26-16-9-5-8-15(12-16)24-19(25)18(14-6-3-2-4-7-14)28-21-17-10-11-27-20(17)22-13-23-21/h2-13,18H,1H3,(H,24,25)/t18-/m0/s1. The molecule has 7 heteroatoms. The van der Waals surface area contributed by atoms with Gasteiger partial charge in [0.05, 0.1) is 7.11 Å². The van der Waals surface area contributed by atoms with Crippen LogP contribution in [0, 0.1) is 0 Å². The Labute approximate surface area is 170 Å². The molecule has 0 saturated carbocycles. The van der Waals surface area contributed by atoms with Crippen LogP contribution >= 0.6 is 23.1 Å². The summed E-state index contributed by atoms with van der Waals surface area (Å²) in [5, 5.41) is 6.28. The molecule has 1 amide bonds. The zero-order chi connectivity index (χ0) is 19.3. The molecule has 5 nitrogen and oxygen atoms in total. The van der Waals surface area contributed by atoms with Crippen LogP contribution in [0.2, 0.25) is 0 Å². The number of methoxy groups -OCH3 is 1. The van der Waals surface area contributed by atoms with Crippen LogP contribution in [0.3, 0.4) is 0 Å². The first-order valence-corrected chi connectivity index (χ1v) is 10.4. The minimum Gasteiger partial charge on any atom is -0.497 e. The summed E-state index contributed by atoms with van der Waals surface area (Å²) in [6.45, 7) is 0. The molecule has 4 rings (SSSR count). The molecule has 0 saturated heterocycles. The summed E-state index contributed by atoms with van der Waals surface area (Å²) in [6, 6.07) is 19.0. The average molecular weight is 408 g/mol. The minimum absolute atomic E-state index is 0.119. The fraction of sp³-hybridized carbons (Fsp3) is 0.0952. The van der Waals surface area contributed by atoms with Gasteiger partial charge in [0.15, 0.2) is 0 Å². The molecule has 0 aliphatic rings. The Hall–Kier alpha value is -2.90. The van der Waals surface area contributed by atoms with Gasteiger partial charge in [-0.1, -0.05) is 48.2 Å². The van der Waals surface area contributed by atoms with Gasteiger partial charge >= 0.3 is 0 Å². The van der Waals surface area contributed by atoms with E-state index in [4.69, 9.17) is 4.74 Å². The lowest BCUT2D eigenvalue weighted by molar-refractivity contribution is -0.115. The number of rotatable bonds is 6. The second kappa shape index (κ2) is 8.41. The molecule has 0 spiro atoms. The highest BCUT2D eigenvalue weighted by Gasteiger charge is 2.24. The molecule has 0 radical (unpaired) electrons. The molecule has 28 heavy (non-hydrogen) atoms. The van der Waals surface area contributed by atoms with Crippen LogP contribution in [-0.2, 0) is 4.79 Å². The number of thiophene rings is 1. The van der Waals surface area contributed by atoms with Crippen molar-refractivity contribution in [1.82, 2.24) is 9.97 Å². The number of thioether (sulfide) groups is 1. The molecule has 2 heterocycles. The lowest BCUT2D eigenvalue weighted by atomic mass is 10.1. The van der Waals surface area contributed by atoms with Crippen LogP contribution in [0.1, 0.15) is 10.8 Å². The molecule has 4 aromatic rings. The van der Waals surface area contributed by atoms with E-state index in [1.54, 1.807) is 30.8 Å². The normalized spacial score (nSPS) is 11.9. The summed E-state index contributed by atoms with van der Waals surface area (Å²) in [5.74, 6) is 0.573. The molecule has 0 unspecified atom stereocenters. The SMILES string of the molecule is COc1cccc(NC(=O)[C@@H](Sc2ncnc3sccc23)c2ccccc2)c1. The third-order valence-corrected chi connectivity index (χ3v) is 6.22. The van der Waals surface area contributed by atoms with E-state index in [-0.39, 0.29) is 5.91 Å². The number of carbonyl (C=O) groups is 1. The number of hydrogen-bond donors (Lipinski definition) is 1. The van der Waals surface area contributed by atoms with Crippen LogP contribution in [0.25, 0.3) is 10.2 Å². The third kappa shape index (κ3) is 4.00. The topological polar surface area (TPSA) is 64.1 Å². The van der Waals surface area contributed by atoms with E-state index in [9.17, 15) is 4.79 Å². The molecule has 1 atom stereocenters. The van der Waals surface area contributed by atoms with Gasteiger partial charge in [0.25, 0.3) is 0 Å². The molecule has 0 bridgehead atoms. The smallest absolute Gasteiger partial charge is 0.242 e. The van der Waals surface area contributed by atoms with Crippen molar-refractivity contribution in [2.75, 3.05) is 12.4 Å². The van der Waals surface area contributed by atoms with Crippen LogP contribution < -0.4 is 10.1 Å². The summed E-state index contributed by atoms with van der Waals surface area (Å²) >= 11 is 2.99. The maximum absolute atomic E-state index is 13.2. The Kier molecular flexibility index (Phi) is 5.55. The average Bonchev–Trinajstić information content (AvgIpc) is 3.22. The summed E-state index contributed by atoms with van der Waals surface area (Å²) in [7, 11) is 1.60. The van der Waals surface area contributed by atoms with Crippen molar-refractivity contribution in [1.29, 1.82) is 0 Å². The molecule has 2 aromatic carbocycles. The maximum Gasteiger partial charge on any atom is 0.242 e. The fourth-order valence-electron chi connectivity index (χ4n) is 2.78. The van der Waals surface area contributed by atoms with E-state index in [1.807, 2.05) is 60.0 Å². The Morgan fingerprint density at radius 3 is 2.79 bits per heavy atom. The number of amides is 1. The van der Waals surface area contributed by atoms with Gasteiger partial charge in [-0.05, 0) is 29.1 Å². The summed E-state index contributed by atoms with van der Waals surface area (Å²) in [4.78, 5) is 22.8. The van der Waals surface area contributed by atoms with Gasteiger partial charge in [-0.3, -0.25) is 4.79 Å². The van der Waals surface area contributed by atoms with Crippen molar-refractivity contribution in [3.05, 3.63) is 77.9 Å². The number of ether oxygens (including phenoxy) is 1. The van der Waals surface area contributed by atoms with Gasteiger partial charge in [-0.2, -0.15) is 0 Å². The number of carbonyl (C=O) groups excluding carboxylic acids is 1. The second-order valence-electron chi connectivity index (χ2n) is 5.95. The number of benzene rings is 2. The Morgan fingerprint density at radius 2 is 1.96 bits per heavy atom. The predicted octanol–water partition coefficient (Wildman–Crippen LogP) is 5.17. The van der Waals surface area contributed by atoms with Crippen molar-refractivity contribution in [3.8, 4) is 5.75 Å².